The van der Waals surface area contributed by atoms with Crippen LogP contribution in [0.25, 0.3) is 0 Å². The Morgan fingerprint density at radius 3 is 1.37 bits per heavy atom. The fourth-order valence-corrected chi connectivity index (χ4v) is 3.21. The largest absolute Gasteiger partial charge is 0.382 e. The van der Waals surface area contributed by atoms with Gasteiger partial charge in [-0.25, -0.2) is 0 Å². The van der Waals surface area contributed by atoms with Gasteiger partial charge in [0.15, 0.2) is 0 Å². The molecule has 3 rings (SSSR count). The second-order valence-electron chi connectivity index (χ2n) is 5.31. The fraction of sp³-hybridized carbons (Fsp3) is 0.294. The van der Waals surface area contributed by atoms with Gasteiger partial charge in [-0.15, -0.1) is 0 Å². The summed E-state index contributed by atoms with van der Waals surface area (Å²) in [6.07, 6.45) is 1.99. The van der Waals surface area contributed by atoms with E-state index in [1.54, 1.807) is 0 Å². The van der Waals surface area contributed by atoms with Crippen molar-refractivity contribution >= 4 is 0 Å². The van der Waals surface area contributed by atoms with Crippen LogP contribution in [0.5, 0.6) is 0 Å². The Balaban J connectivity index is 2.11. The number of hydrogen-bond donors (Lipinski definition) is 2. The van der Waals surface area contributed by atoms with E-state index in [1.165, 1.54) is 0 Å². The Morgan fingerprint density at radius 2 is 1.00 bits per heavy atom. The number of aliphatic hydroxyl groups is 2. The Morgan fingerprint density at radius 1 is 0.632 bits per heavy atom. The lowest BCUT2D eigenvalue weighted by molar-refractivity contribution is -0.143. The first-order valence-corrected chi connectivity index (χ1v) is 6.73. The maximum Gasteiger partial charge on any atom is 0.122 e. The van der Waals surface area contributed by atoms with Gasteiger partial charge >= 0.3 is 0 Å². The Labute approximate surface area is 113 Å². The molecular weight excluding hydrogens is 236 g/mol. The van der Waals surface area contributed by atoms with Gasteiger partial charge in [0.25, 0.3) is 0 Å². The Kier molecular flexibility index (Phi) is 2.92. The fourth-order valence-electron chi connectivity index (χ4n) is 3.21. The zero-order chi connectivity index (χ0) is 13.3. The summed E-state index contributed by atoms with van der Waals surface area (Å²) in [7, 11) is 0. The molecule has 0 aromatic heterocycles. The van der Waals surface area contributed by atoms with Crippen molar-refractivity contribution < 1.29 is 10.2 Å². The molecule has 0 bridgehead atoms. The number of rotatable bonds is 2. The van der Waals surface area contributed by atoms with Crippen molar-refractivity contribution in [1.29, 1.82) is 0 Å². The summed E-state index contributed by atoms with van der Waals surface area (Å²) < 4.78 is 0. The molecule has 98 valence electrons. The third kappa shape index (κ3) is 1.79. The normalized spacial score (nSPS) is 30.4. The second-order valence-corrected chi connectivity index (χ2v) is 5.31. The van der Waals surface area contributed by atoms with E-state index in [4.69, 9.17) is 0 Å². The lowest BCUT2D eigenvalue weighted by atomic mass is 9.76. The molecule has 0 heterocycles. The molecule has 2 nitrogen and oxygen atoms in total. The van der Waals surface area contributed by atoms with E-state index < -0.39 is 11.2 Å². The molecule has 1 aliphatic rings. The minimum Gasteiger partial charge on any atom is -0.382 e. The molecule has 1 aliphatic carbocycles. The van der Waals surface area contributed by atoms with Crippen molar-refractivity contribution in [1.82, 2.24) is 0 Å². The van der Waals surface area contributed by atoms with Crippen LogP contribution in [0.2, 0.25) is 0 Å². The molecule has 0 saturated heterocycles. The number of benzene rings is 2. The van der Waals surface area contributed by atoms with Crippen LogP contribution in [-0.2, 0) is 11.2 Å². The predicted molar refractivity (Wildman–Crippen MR) is 74.5 cm³/mol. The van der Waals surface area contributed by atoms with Gasteiger partial charge in [-0.2, -0.15) is 0 Å². The van der Waals surface area contributed by atoms with Crippen molar-refractivity contribution in [3.05, 3.63) is 71.8 Å². The summed E-state index contributed by atoms with van der Waals surface area (Å²) in [5.74, 6) is 0. The van der Waals surface area contributed by atoms with Crippen molar-refractivity contribution in [2.45, 2.75) is 30.5 Å². The van der Waals surface area contributed by atoms with E-state index in [-0.39, 0.29) is 0 Å². The minimum absolute atomic E-state index is 0.586. The molecule has 0 aliphatic heterocycles. The molecular formula is C17H18O2. The highest BCUT2D eigenvalue weighted by molar-refractivity contribution is 5.35. The molecule has 2 aromatic rings. The van der Waals surface area contributed by atoms with Gasteiger partial charge in [-0.05, 0) is 30.4 Å². The Bertz CT molecular complexity index is 500. The van der Waals surface area contributed by atoms with Gasteiger partial charge in [-0.3, -0.25) is 0 Å². The number of hydrogen-bond acceptors (Lipinski definition) is 2. The van der Waals surface area contributed by atoms with Crippen LogP contribution in [0.1, 0.15) is 30.4 Å². The molecule has 0 unspecified atom stereocenters. The lowest BCUT2D eigenvalue weighted by Gasteiger charge is -2.39. The van der Waals surface area contributed by atoms with Crippen molar-refractivity contribution in [3.63, 3.8) is 0 Å². The first kappa shape index (κ1) is 12.4. The molecule has 2 N–H and O–H groups in total. The Hall–Kier alpha value is -1.64. The summed E-state index contributed by atoms with van der Waals surface area (Å²) >= 11 is 0. The molecule has 0 radical (unpaired) electrons. The van der Waals surface area contributed by atoms with Crippen LogP contribution >= 0.6 is 0 Å². The zero-order valence-electron chi connectivity index (χ0n) is 10.8. The van der Waals surface area contributed by atoms with Crippen molar-refractivity contribution in [2.75, 3.05) is 0 Å². The van der Waals surface area contributed by atoms with Crippen LogP contribution < -0.4 is 0 Å². The SMILES string of the molecule is O[C@@]1(c2ccccc2)CCC[C@@]1(O)c1ccccc1. The topological polar surface area (TPSA) is 40.5 Å². The molecule has 0 spiro atoms. The third-order valence-corrected chi connectivity index (χ3v) is 4.26. The average molecular weight is 254 g/mol. The van der Waals surface area contributed by atoms with Gasteiger partial charge in [0.1, 0.15) is 11.2 Å². The van der Waals surface area contributed by atoms with Crippen LogP contribution in [0, 0.1) is 0 Å². The van der Waals surface area contributed by atoms with Crippen molar-refractivity contribution in [3.8, 4) is 0 Å². The monoisotopic (exact) mass is 254 g/mol. The van der Waals surface area contributed by atoms with E-state index in [0.29, 0.717) is 12.8 Å². The summed E-state index contributed by atoms with van der Waals surface area (Å²) in [5.41, 5.74) is -0.816. The molecule has 2 aromatic carbocycles. The third-order valence-electron chi connectivity index (χ3n) is 4.26. The van der Waals surface area contributed by atoms with Crippen LogP contribution in [-0.4, -0.2) is 10.2 Å². The molecule has 0 amide bonds. The summed E-state index contributed by atoms with van der Waals surface area (Å²) in [5, 5.41) is 22.2. The smallest absolute Gasteiger partial charge is 0.122 e. The highest BCUT2D eigenvalue weighted by atomic mass is 16.4. The van der Waals surface area contributed by atoms with E-state index >= 15 is 0 Å². The highest BCUT2D eigenvalue weighted by Crippen LogP contribution is 2.52. The van der Waals surface area contributed by atoms with Crippen LogP contribution in [0.15, 0.2) is 60.7 Å². The second kappa shape index (κ2) is 4.48. The standard InChI is InChI=1S/C17H18O2/c18-16(14-8-3-1-4-9-14)12-7-13-17(16,19)15-10-5-2-6-11-15/h1-6,8-11,18-19H,7,12-13H2/t16-,17-/m1/s1. The summed E-state index contributed by atoms with van der Waals surface area (Å²) in [4.78, 5) is 0. The van der Waals surface area contributed by atoms with E-state index in [1.807, 2.05) is 60.7 Å². The minimum atomic E-state index is -1.20. The van der Waals surface area contributed by atoms with Crippen LogP contribution in [0.3, 0.4) is 0 Å². The maximum atomic E-state index is 11.1. The van der Waals surface area contributed by atoms with E-state index in [2.05, 4.69) is 0 Å². The molecule has 2 atom stereocenters. The summed E-state index contributed by atoms with van der Waals surface area (Å²) in [6, 6.07) is 19.0. The zero-order valence-corrected chi connectivity index (χ0v) is 10.8. The highest BCUT2D eigenvalue weighted by Gasteiger charge is 2.54. The van der Waals surface area contributed by atoms with Gasteiger partial charge in [0, 0.05) is 0 Å². The maximum absolute atomic E-state index is 11.1. The van der Waals surface area contributed by atoms with E-state index in [9.17, 15) is 10.2 Å². The van der Waals surface area contributed by atoms with Gasteiger partial charge in [0.05, 0.1) is 0 Å². The van der Waals surface area contributed by atoms with E-state index in [0.717, 1.165) is 17.5 Å². The first-order valence-electron chi connectivity index (χ1n) is 6.73. The lowest BCUT2D eigenvalue weighted by Crippen LogP contribution is -2.45. The molecule has 1 saturated carbocycles. The predicted octanol–water partition coefficient (Wildman–Crippen LogP) is 2.95. The van der Waals surface area contributed by atoms with Crippen molar-refractivity contribution in [2.24, 2.45) is 0 Å². The summed E-state index contributed by atoms with van der Waals surface area (Å²) in [6.45, 7) is 0. The quantitative estimate of drug-likeness (QED) is 0.865. The van der Waals surface area contributed by atoms with Crippen LogP contribution in [0.4, 0.5) is 0 Å². The molecule has 1 fully saturated rings. The first-order chi connectivity index (χ1) is 9.17. The van der Waals surface area contributed by atoms with Gasteiger partial charge in [-0.1, -0.05) is 60.7 Å². The van der Waals surface area contributed by atoms with Gasteiger partial charge < -0.3 is 10.2 Å². The van der Waals surface area contributed by atoms with Gasteiger partial charge in [0.2, 0.25) is 0 Å². The molecule has 2 heteroatoms. The molecule has 19 heavy (non-hydrogen) atoms. The average Bonchev–Trinajstić information content (AvgIpc) is 2.79.